The Morgan fingerprint density at radius 3 is 2.00 bits per heavy atom. The first kappa shape index (κ1) is 28.9. The highest BCUT2D eigenvalue weighted by Crippen LogP contribution is 2.50. The summed E-state index contributed by atoms with van der Waals surface area (Å²) in [5.74, 6) is -0.735. The smallest absolute Gasteiger partial charge is 0.335 e. The Morgan fingerprint density at radius 1 is 0.844 bits per heavy atom. The summed E-state index contributed by atoms with van der Waals surface area (Å²) < 4.78 is 5.52. The molecule has 7 nitrogen and oxygen atoms in total. The Balaban J connectivity index is 1.36. The van der Waals surface area contributed by atoms with Gasteiger partial charge in [-0.2, -0.15) is 0 Å². The highest BCUT2D eigenvalue weighted by atomic mass is 35.5. The standard InChI is InChI=1S/C37H32ClN3O4/c1-2-45-33-14-13-23(20-32(33)38)19-31-35(42)39-37(44)41(36(31)43)26-21-29-27(24-9-5-3-6-10-24)15-17-40-18-16-28(30(22-26)34(29)40)25-11-7-4-8-12-25/h3-14,19-22,27-28H,2,15-18H2,1H3,(H,39,42,44)/b31-19+/t27-,28-/m0/s1. The first-order valence-electron chi connectivity index (χ1n) is 15.3. The Hall–Kier alpha value is -4.88. The Morgan fingerprint density at radius 2 is 1.44 bits per heavy atom. The maximum atomic E-state index is 14.1. The fraction of sp³-hybridized carbons (Fsp3) is 0.216. The first-order chi connectivity index (χ1) is 21.9. The summed E-state index contributed by atoms with van der Waals surface area (Å²) in [4.78, 5) is 44.0. The molecule has 226 valence electrons. The molecule has 0 bridgehead atoms. The number of urea groups is 1. The van der Waals surface area contributed by atoms with Crippen LogP contribution in [0, 0.1) is 0 Å². The lowest BCUT2D eigenvalue weighted by Crippen LogP contribution is -2.54. The fourth-order valence-electron chi connectivity index (χ4n) is 6.91. The van der Waals surface area contributed by atoms with E-state index in [1.54, 1.807) is 18.2 Å². The molecule has 1 N–H and O–H groups in total. The maximum absolute atomic E-state index is 14.1. The van der Waals surface area contributed by atoms with Crippen molar-refractivity contribution >= 4 is 46.9 Å². The number of halogens is 1. The summed E-state index contributed by atoms with van der Waals surface area (Å²) >= 11 is 6.38. The fourth-order valence-corrected chi connectivity index (χ4v) is 7.15. The lowest BCUT2D eigenvalue weighted by atomic mass is 9.76. The molecule has 4 amide bonds. The minimum absolute atomic E-state index is 0.0938. The molecule has 3 aliphatic heterocycles. The van der Waals surface area contributed by atoms with Crippen molar-refractivity contribution in [1.29, 1.82) is 0 Å². The van der Waals surface area contributed by atoms with Crippen molar-refractivity contribution in [2.24, 2.45) is 0 Å². The Bertz CT molecular complexity index is 1770. The average molecular weight is 618 g/mol. The number of imide groups is 2. The number of rotatable bonds is 6. The number of barbiturate groups is 1. The van der Waals surface area contributed by atoms with Gasteiger partial charge in [-0.3, -0.25) is 14.9 Å². The van der Waals surface area contributed by atoms with E-state index in [2.05, 4.69) is 34.5 Å². The summed E-state index contributed by atoms with van der Waals surface area (Å²) in [5, 5.41) is 2.75. The van der Waals surface area contributed by atoms with Gasteiger partial charge in [-0.15, -0.1) is 0 Å². The van der Waals surface area contributed by atoms with E-state index in [0.717, 1.165) is 42.0 Å². The molecule has 0 unspecified atom stereocenters. The molecule has 2 atom stereocenters. The van der Waals surface area contributed by atoms with E-state index in [0.29, 0.717) is 28.6 Å². The van der Waals surface area contributed by atoms with E-state index in [1.807, 2.05) is 55.5 Å². The minimum atomic E-state index is -0.768. The van der Waals surface area contributed by atoms with Gasteiger partial charge >= 0.3 is 6.03 Å². The Labute approximate surface area is 267 Å². The second kappa shape index (κ2) is 11.9. The molecule has 0 aromatic heterocycles. The largest absolute Gasteiger partial charge is 0.492 e. The number of benzene rings is 4. The van der Waals surface area contributed by atoms with Crippen LogP contribution in [-0.2, 0) is 9.59 Å². The highest BCUT2D eigenvalue weighted by molar-refractivity contribution is 6.39. The molecule has 0 radical (unpaired) electrons. The normalized spacial score (nSPS) is 20.2. The van der Waals surface area contributed by atoms with E-state index in [1.165, 1.54) is 22.9 Å². The molecule has 45 heavy (non-hydrogen) atoms. The number of nitrogens with one attached hydrogen (secondary N) is 1. The van der Waals surface area contributed by atoms with Gasteiger partial charge in [0, 0.05) is 30.6 Å². The molecule has 7 rings (SSSR count). The number of carbonyl (C=O) groups is 3. The van der Waals surface area contributed by atoms with E-state index >= 15 is 0 Å². The summed E-state index contributed by atoms with van der Waals surface area (Å²) in [6.45, 7) is 4.17. The first-order valence-corrected chi connectivity index (χ1v) is 15.7. The lowest BCUT2D eigenvalue weighted by molar-refractivity contribution is -0.122. The van der Waals surface area contributed by atoms with Crippen LogP contribution in [0.4, 0.5) is 16.2 Å². The van der Waals surface area contributed by atoms with Gasteiger partial charge in [0.25, 0.3) is 11.8 Å². The SMILES string of the molecule is CCOc1ccc(/C=C2\C(=O)NC(=O)N(c3cc4c5c(c3)[C@H](c3ccccc3)CCN5CC[C@H]4c3ccccc3)C2=O)cc1Cl. The third kappa shape index (κ3) is 5.27. The van der Waals surface area contributed by atoms with E-state index in [9.17, 15) is 14.4 Å². The van der Waals surface area contributed by atoms with Gasteiger partial charge in [-0.05, 0) is 77.9 Å². The van der Waals surface area contributed by atoms with Crippen LogP contribution in [0.5, 0.6) is 5.75 Å². The molecule has 0 saturated carbocycles. The van der Waals surface area contributed by atoms with Crippen molar-refractivity contribution in [3.8, 4) is 5.75 Å². The van der Waals surface area contributed by atoms with Crippen LogP contribution in [0.25, 0.3) is 6.08 Å². The van der Waals surface area contributed by atoms with Crippen LogP contribution in [0.3, 0.4) is 0 Å². The van der Waals surface area contributed by atoms with Gasteiger partial charge in [0.05, 0.1) is 17.3 Å². The van der Waals surface area contributed by atoms with Crippen LogP contribution < -0.4 is 19.9 Å². The zero-order chi connectivity index (χ0) is 31.1. The molecule has 4 aromatic carbocycles. The quantitative estimate of drug-likeness (QED) is 0.182. The second-order valence-corrected chi connectivity index (χ2v) is 12.0. The minimum Gasteiger partial charge on any atom is -0.492 e. The molecule has 4 aromatic rings. The summed E-state index contributed by atoms with van der Waals surface area (Å²) in [6.07, 6.45) is 3.29. The van der Waals surface area contributed by atoms with Crippen LogP contribution in [0.2, 0.25) is 5.02 Å². The van der Waals surface area contributed by atoms with Crippen molar-refractivity contribution < 1.29 is 19.1 Å². The molecule has 1 fully saturated rings. The molecule has 1 saturated heterocycles. The summed E-state index contributed by atoms with van der Waals surface area (Å²) in [5.41, 5.74) is 6.57. The molecule has 8 heteroatoms. The molecular formula is C37H32ClN3O4. The summed E-state index contributed by atoms with van der Waals surface area (Å²) in [7, 11) is 0. The monoisotopic (exact) mass is 617 g/mol. The van der Waals surface area contributed by atoms with Crippen molar-refractivity contribution in [2.75, 3.05) is 29.5 Å². The van der Waals surface area contributed by atoms with Crippen molar-refractivity contribution in [1.82, 2.24) is 5.32 Å². The zero-order valence-electron chi connectivity index (χ0n) is 24.8. The molecule has 0 aliphatic carbocycles. The Kier molecular flexibility index (Phi) is 7.63. The van der Waals surface area contributed by atoms with E-state index in [-0.39, 0.29) is 17.4 Å². The third-order valence-electron chi connectivity index (χ3n) is 8.93. The molecule has 3 aliphatic rings. The second-order valence-electron chi connectivity index (χ2n) is 11.5. The zero-order valence-corrected chi connectivity index (χ0v) is 25.6. The third-order valence-corrected chi connectivity index (χ3v) is 9.22. The van der Waals surface area contributed by atoms with Gasteiger partial charge in [0.2, 0.25) is 0 Å². The molecule has 0 spiro atoms. The predicted octanol–water partition coefficient (Wildman–Crippen LogP) is 7.28. The lowest BCUT2D eigenvalue weighted by Gasteiger charge is -2.44. The van der Waals surface area contributed by atoms with Gasteiger partial charge in [0.15, 0.2) is 0 Å². The highest BCUT2D eigenvalue weighted by Gasteiger charge is 2.40. The number of amides is 4. The predicted molar refractivity (Wildman–Crippen MR) is 176 cm³/mol. The number of anilines is 2. The number of hydrogen-bond donors (Lipinski definition) is 1. The molecular weight excluding hydrogens is 586 g/mol. The van der Waals surface area contributed by atoms with Crippen molar-refractivity contribution in [3.63, 3.8) is 0 Å². The van der Waals surface area contributed by atoms with Crippen LogP contribution in [-0.4, -0.2) is 37.5 Å². The number of nitrogens with zero attached hydrogens (tertiary/aromatic N) is 2. The van der Waals surface area contributed by atoms with Gasteiger partial charge in [-0.25, -0.2) is 9.69 Å². The maximum Gasteiger partial charge on any atom is 0.335 e. The van der Waals surface area contributed by atoms with Crippen molar-refractivity contribution in [2.45, 2.75) is 31.6 Å². The van der Waals surface area contributed by atoms with Gasteiger partial charge < -0.3 is 9.64 Å². The topological polar surface area (TPSA) is 79.0 Å². The van der Waals surface area contributed by atoms with E-state index in [4.69, 9.17) is 16.3 Å². The van der Waals surface area contributed by atoms with Crippen molar-refractivity contribution in [3.05, 3.63) is 129 Å². The van der Waals surface area contributed by atoms with Crippen LogP contribution >= 0.6 is 11.6 Å². The number of hydrogen-bond acceptors (Lipinski definition) is 5. The van der Waals surface area contributed by atoms with Gasteiger partial charge in [0.1, 0.15) is 11.3 Å². The van der Waals surface area contributed by atoms with Gasteiger partial charge in [-0.1, -0.05) is 78.3 Å². The van der Waals surface area contributed by atoms with Crippen LogP contribution in [0.15, 0.2) is 96.6 Å². The van der Waals surface area contributed by atoms with E-state index < -0.39 is 17.8 Å². The molecule has 3 heterocycles. The number of carbonyl (C=O) groups excluding carboxylic acids is 3. The average Bonchev–Trinajstić information content (AvgIpc) is 3.05. The van der Waals surface area contributed by atoms with Crippen LogP contribution in [0.1, 0.15) is 59.4 Å². The number of ether oxygens (including phenoxy) is 1. The summed E-state index contributed by atoms with van der Waals surface area (Å²) in [6, 6.07) is 28.9.